The summed E-state index contributed by atoms with van der Waals surface area (Å²) in [5.41, 5.74) is 0.753. The molecular weight excluding hydrogens is 382 g/mol. The number of nitriles is 1. The summed E-state index contributed by atoms with van der Waals surface area (Å²) in [4.78, 5) is 13.4. The Hall–Kier alpha value is -3.15. The van der Waals surface area contributed by atoms with Crippen molar-refractivity contribution < 1.29 is 18.5 Å². The first-order valence-electron chi connectivity index (χ1n) is 8.78. The van der Waals surface area contributed by atoms with E-state index >= 15 is 0 Å². The Morgan fingerprint density at radius 3 is 2.93 bits per heavy atom. The topological polar surface area (TPSA) is 109 Å². The van der Waals surface area contributed by atoms with Gasteiger partial charge in [-0.3, -0.25) is 4.79 Å². The van der Waals surface area contributed by atoms with E-state index < -0.39 is 0 Å². The van der Waals surface area contributed by atoms with Crippen LogP contribution < -0.4 is 10.2 Å². The lowest BCUT2D eigenvalue weighted by Gasteiger charge is -2.17. The number of amides is 1. The molecule has 1 amide bonds. The predicted octanol–water partition coefficient (Wildman–Crippen LogP) is 2.29. The zero-order valence-corrected chi connectivity index (χ0v) is 16.0. The molecule has 0 saturated carbocycles. The quantitative estimate of drug-likeness (QED) is 0.600. The highest BCUT2D eigenvalue weighted by Gasteiger charge is 2.20. The maximum atomic E-state index is 12.5. The molecule has 144 valence electrons. The van der Waals surface area contributed by atoms with Crippen LogP contribution in [-0.4, -0.2) is 29.2 Å². The SMILES string of the molecule is CCC[NH+](CC(=O)Nc1cc(Cl)ccc1C#N)Cc1nnc(-c2ccco2)o1. The molecule has 2 heterocycles. The van der Waals surface area contributed by atoms with Crippen molar-refractivity contribution >= 4 is 23.2 Å². The lowest BCUT2D eigenvalue weighted by Crippen LogP contribution is -3.11. The minimum absolute atomic E-state index is 0.184. The van der Waals surface area contributed by atoms with Gasteiger partial charge in [0, 0.05) is 5.02 Å². The van der Waals surface area contributed by atoms with Gasteiger partial charge in [0.05, 0.1) is 24.1 Å². The molecule has 2 aromatic heterocycles. The first-order chi connectivity index (χ1) is 13.6. The second-order valence-corrected chi connectivity index (χ2v) is 6.62. The van der Waals surface area contributed by atoms with Gasteiger partial charge in [-0.15, -0.1) is 10.2 Å². The molecule has 28 heavy (non-hydrogen) atoms. The van der Waals surface area contributed by atoms with Crippen LogP contribution in [0.1, 0.15) is 24.8 Å². The van der Waals surface area contributed by atoms with Crippen molar-refractivity contribution in [2.45, 2.75) is 19.9 Å². The molecule has 1 atom stereocenters. The fourth-order valence-corrected chi connectivity index (χ4v) is 2.94. The largest absolute Gasteiger partial charge is 0.459 e. The Kier molecular flexibility index (Phi) is 6.42. The maximum Gasteiger partial charge on any atom is 0.283 e. The molecule has 3 aromatic rings. The third-order valence-electron chi connectivity index (χ3n) is 3.99. The lowest BCUT2D eigenvalue weighted by molar-refractivity contribution is -0.907. The number of benzene rings is 1. The highest BCUT2D eigenvalue weighted by molar-refractivity contribution is 6.31. The van der Waals surface area contributed by atoms with Crippen molar-refractivity contribution in [2.75, 3.05) is 18.4 Å². The summed E-state index contributed by atoms with van der Waals surface area (Å²) in [6.45, 7) is 3.36. The zero-order chi connectivity index (χ0) is 19.9. The fourth-order valence-electron chi connectivity index (χ4n) is 2.77. The molecule has 0 fully saturated rings. The highest BCUT2D eigenvalue weighted by Crippen LogP contribution is 2.20. The van der Waals surface area contributed by atoms with E-state index in [0.29, 0.717) is 40.4 Å². The van der Waals surface area contributed by atoms with Crippen LogP contribution in [-0.2, 0) is 11.3 Å². The second kappa shape index (κ2) is 9.17. The standard InChI is InChI=1S/C19H18ClN5O3/c1-2-7-25(12-18-23-24-19(28-18)16-4-3-8-27-16)11-17(26)22-15-9-14(20)6-5-13(15)10-21/h3-6,8-9H,2,7,11-12H2,1H3,(H,22,26)/p+1. The zero-order valence-electron chi connectivity index (χ0n) is 15.2. The summed E-state index contributed by atoms with van der Waals surface area (Å²) in [5, 5.41) is 20.4. The molecule has 0 saturated heterocycles. The van der Waals surface area contributed by atoms with Gasteiger partial charge in [0.15, 0.2) is 18.8 Å². The minimum atomic E-state index is -0.229. The Morgan fingerprint density at radius 2 is 2.21 bits per heavy atom. The van der Waals surface area contributed by atoms with Crippen molar-refractivity contribution in [2.24, 2.45) is 0 Å². The average Bonchev–Trinajstić information content (AvgIpc) is 3.33. The summed E-state index contributed by atoms with van der Waals surface area (Å²) in [7, 11) is 0. The fraction of sp³-hybridized carbons (Fsp3) is 0.263. The molecular formula is C19H19ClN5O3+. The number of carbonyl (C=O) groups excluding carboxylic acids is 1. The molecule has 2 N–H and O–H groups in total. The number of hydrogen-bond donors (Lipinski definition) is 2. The third-order valence-corrected chi connectivity index (χ3v) is 4.23. The van der Waals surface area contributed by atoms with E-state index in [4.69, 9.17) is 20.4 Å². The molecule has 0 aliphatic heterocycles. The Bertz CT molecular complexity index is 978. The van der Waals surface area contributed by atoms with Crippen molar-refractivity contribution in [1.29, 1.82) is 5.26 Å². The summed E-state index contributed by atoms with van der Waals surface area (Å²) in [6, 6.07) is 10.3. The number of nitrogens with one attached hydrogen (secondary N) is 2. The van der Waals surface area contributed by atoms with Crippen LogP contribution in [0, 0.1) is 11.3 Å². The molecule has 8 nitrogen and oxygen atoms in total. The minimum Gasteiger partial charge on any atom is -0.459 e. The average molecular weight is 401 g/mol. The van der Waals surface area contributed by atoms with Crippen molar-refractivity contribution in [3.8, 4) is 17.7 Å². The number of halogens is 1. The smallest absolute Gasteiger partial charge is 0.283 e. The summed E-state index contributed by atoms with van der Waals surface area (Å²) < 4.78 is 10.9. The van der Waals surface area contributed by atoms with Gasteiger partial charge in [0.25, 0.3) is 17.7 Å². The number of rotatable bonds is 8. The molecule has 1 unspecified atom stereocenters. The van der Waals surface area contributed by atoms with Gasteiger partial charge in [-0.25, -0.2) is 0 Å². The van der Waals surface area contributed by atoms with Gasteiger partial charge in [-0.1, -0.05) is 18.5 Å². The molecule has 1 aromatic carbocycles. The number of quaternary nitrogens is 1. The Morgan fingerprint density at radius 1 is 1.36 bits per heavy atom. The van der Waals surface area contributed by atoms with E-state index in [0.717, 1.165) is 17.9 Å². The number of hydrogen-bond acceptors (Lipinski definition) is 6. The molecule has 0 radical (unpaired) electrons. The molecule has 3 rings (SSSR count). The maximum absolute atomic E-state index is 12.5. The van der Waals surface area contributed by atoms with E-state index in [1.165, 1.54) is 6.26 Å². The normalized spacial score (nSPS) is 11.8. The predicted molar refractivity (Wildman–Crippen MR) is 101 cm³/mol. The van der Waals surface area contributed by atoms with Crippen LogP contribution in [0.5, 0.6) is 0 Å². The summed E-state index contributed by atoms with van der Waals surface area (Å²) in [5.74, 6) is 0.993. The van der Waals surface area contributed by atoms with Crippen LogP contribution in [0.4, 0.5) is 5.69 Å². The van der Waals surface area contributed by atoms with Crippen molar-refractivity contribution in [3.05, 3.63) is 53.1 Å². The Balaban J connectivity index is 1.65. The number of nitrogens with zero attached hydrogens (tertiary/aromatic N) is 3. The molecule has 0 aliphatic carbocycles. The molecule has 9 heteroatoms. The van der Waals surface area contributed by atoms with Crippen LogP contribution in [0.2, 0.25) is 5.02 Å². The Labute approximate surface area is 166 Å². The number of aromatic nitrogens is 2. The summed E-state index contributed by atoms with van der Waals surface area (Å²) >= 11 is 5.96. The van der Waals surface area contributed by atoms with Gasteiger partial charge in [0.1, 0.15) is 6.07 Å². The van der Waals surface area contributed by atoms with Crippen LogP contribution in [0.3, 0.4) is 0 Å². The van der Waals surface area contributed by atoms with Gasteiger partial charge in [0.2, 0.25) is 0 Å². The number of anilines is 1. The monoisotopic (exact) mass is 400 g/mol. The summed E-state index contributed by atoms with van der Waals surface area (Å²) in [6.07, 6.45) is 2.41. The van der Waals surface area contributed by atoms with E-state index in [1.54, 1.807) is 30.3 Å². The first kappa shape index (κ1) is 19.6. The van der Waals surface area contributed by atoms with Crippen molar-refractivity contribution in [3.63, 3.8) is 0 Å². The van der Waals surface area contributed by atoms with Crippen molar-refractivity contribution in [1.82, 2.24) is 10.2 Å². The van der Waals surface area contributed by atoms with Gasteiger partial charge in [-0.2, -0.15) is 5.26 Å². The van der Waals surface area contributed by atoms with Crippen LogP contribution in [0.15, 0.2) is 45.4 Å². The van der Waals surface area contributed by atoms with E-state index in [-0.39, 0.29) is 12.5 Å². The van der Waals surface area contributed by atoms with Gasteiger partial charge in [-0.05, 0) is 36.8 Å². The van der Waals surface area contributed by atoms with Crippen LogP contribution >= 0.6 is 11.6 Å². The number of furan rings is 1. The van der Waals surface area contributed by atoms with E-state index in [1.807, 2.05) is 13.0 Å². The lowest BCUT2D eigenvalue weighted by atomic mass is 10.2. The van der Waals surface area contributed by atoms with E-state index in [2.05, 4.69) is 15.5 Å². The van der Waals surface area contributed by atoms with Gasteiger partial charge >= 0.3 is 0 Å². The first-order valence-corrected chi connectivity index (χ1v) is 9.16. The van der Waals surface area contributed by atoms with E-state index in [9.17, 15) is 10.1 Å². The highest BCUT2D eigenvalue weighted by atomic mass is 35.5. The molecule has 0 bridgehead atoms. The van der Waals surface area contributed by atoms with Gasteiger partial charge < -0.3 is 19.1 Å². The van der Waals surface area contributed by atoms with Crippen LogP contribution in [0.25, 0.3) is 11.7 Å². The molecule has 0 spiro atoms. The number of carbonyl (C=O) groups is 1. The molecule has 0 aliphatic rings. The third kappa shape index (κ3) is 4.97. The second-order valence-electron chi connectivity index (χ2n) is 6.18.